The van der Waals surface area contributed by atoms with E-state index in [0.29, 0.717) is 25.1 Å². The molecule has 130 valence electrons. The van der Waals surface area contributed by atoms with E-state index in [1.165, 1.54) is 0 Å². The summed E-state index contributed by atoms with van der Waals surface area (Å²) in [6, 6.07) is 7.61. The van der Waals surface area contributed by atoms with Crippen LogP contribution < -0.4 is 5.32 Å². The summed E-state index contributed by atoms with van der Waals surface area (Å²) in [7, 11) is 0. The number of aliphatic hydroxyl groups excluding tert-OH is 1. The molecule has 0 spiro atoms. The monoisotopic (exact) mass is 329 g/mol. The SMILES string of the molecule is CC1(C)C[C@@H](O)CCN(C(=O)c2ccc(NC3=NCCC3)cc2)C1. The number of carbonyl (C=O) groups is 1. The van der Waals surface area contributed by atoms with Crippen LogP contribution in [0.2, 0.25) is 0 Å². The Morgan fingerprint density at radius 2 is 2.08 bits per heavy atom. The Labute approximate surface area is 143 Å². The summed E-state index contributed by atoms with van der Waals surface area (Å²) in [5.41, 5.74) is 1.60. The van der Waals surface area contributed by atoms with E-state index in [1.807, 2.05) is 29.2 Å². The summed E-state index contributed by atoms with van der Waals surface area (Å²) in [5, 5.41) is 13.3. The number of amides is 1. The predicted molar refractivity (Wildman–Crippen MR) is 96.5 cm³/mol. The van der Waals surface area contributed by atoms with Gasteiger partial charge in [0.2, 0.25) is 0 Å². The number of aliphatic imine (C=N–C) groups is 1. The molecule has 0 radical (unpaired) electrons. The minimum absolute atomic E-state index is 0.0435. The maximum atomic E-state index is 12.8. The summed E-state index contributed by atoms with van der Waals surface area (Å²) >= 11 is 0. The number of carbonyl (C=O) groups excluding carboxylic acids is 1. The quantitative estimate of drug-likeness (QED) is 0.877. The lowest BCUT2D eigenvalue weighted by atomic mass is 9.87. The van der Waals surface area contributed by atoms with Gasteiger partial charge in [0.05, 0.1) is 6.10 Å². The number of nitrogens with one attached hydrogen (secondary N) is 1. The van der Waals surface area contributed by atoms with Gasteiger partial charge in [0.15, 0.2) is 0 Å². The van der Waals surface area contributed by atoms with Crippen LogP contribution in [0.15, 0.2) is 29.3 Å². The van der Waals surface area contributed by atoms with Crippen LogP contribution in [0, 0.1) is 5.41 Å². The zero-order chi connectivity index (χ0) is 17.2. The Kier molecular flexibility index (Phi) is 4.90. The van der Waals surface area contributed by atoms with Crippen molar-refractivity contribution in [3.63, 3.8) is 0 Å². The van der Waals surface area contributed by atoms with E-state index in [2.05, 4.69) is 24.2 Å². The summed E-state index contributed by atoms with van der Waals surface area (Å²) < 4.78 is 0. The number of hydrogen-bond acceptors (Lipinski definition) is 4. The first-order valence-corrected chi connectivity index (χ1v) is 8.81. The molecule has 2 heterocycles. The average molecular weight is 329 g/mol. The van der Waals surface area contributed by atoms with Crippen LogP contribution in [-0.4, -0.2) is 47.5 Å². The van der Waals surface area contributed by atoms with Gasteiger partial charge in [-0.15, -0.1) is 0 Å². The topological polar surface area (TPSA) is 64.9 Å². The summed E-state index contributed by atoms with van der Waals surface area (Å²) in [6.45, 7) is 6.41. The first-order valence-electron chi connectivity index (χ1n) is 8.81. The lowest BCUT2D eigenvalue weighted by molar-refractivity contribution is 0.0705. The molecule has 0 saturated carbocycles. The minimum atomic E-state index is -0.323. The molecule has 1 aromatic rings. The molecule has 1 amide bonds. The normalized spacial score (nSPS) is 23.5. The van der Waals surface area contributed by atoms with Crippen LogP contribution >= 0.6 is 0 Å². The Hall–Kier alpha value is -1.88. The number of anilines is 1. The maximum Gasteiger partial charge on any atom is 0.253 e. The largest absolute Gasteiger partial charge is 0.393 e. The van der Waals surface area contributed by atoms with Crippen molar-refractivity contribution in [1.82, 2.24) is 4.90 Å². The molecular formula is C19H27N3O2. The second-order valence-corrected chi connectivity index (χ2v) is 7.67. The van der Waals surface area contributed by atoms with Crippen molar-refractivity contribution in [3.05, 3.63) is 29.8 Å². The smallest absolute Gasteiger partial charge is 0.253 e. The third kappa shape index (κ3) is 4.15. The molecule has 3 rings (SSSR count). The summed E-state index contributed by atoms with van der Waals surface area (Å²) in [4.78, 5) is 19.1. The fraction of sp³-hybridized carbons (Fsp3) is 0.579. The molecule has 0 unspecified atom stereocenters. The number of aliphatic hydroxyl groups is 1. The molecule has 0 bridgehead atoms. The first kappa shape index (κ1) is 17.0. The van der Waals surface area contributed by atoms with Gasteiger partial charge >= 0.3 is 0 Å². The number of benzene rings is 1. The van der Waals surface area contributed by atoms with E-state index in [4.69, 9.17) is 0 Å². The second kappa shape index (κ2) is 6.93. The third-order valence-electron chi connectivity index (χ3n) is 4.72. The summed E-state index contributed by atoms with van der Waals surface area (Å²) in [6.07, 6.45) is 3.16. The number of rotatable bonds is 2. The Bertz CT molecular complexity index is 622. The molecule has 1 saturated heterocycles. The van der Waals surface area contributed by atoms with Gasteiger partial charge in [-0.1, -0.05) is 13.8 Å². The van der Waals surface area contributed by atoms with Gasteiger partial charge in [-0.2, -0.15) is 0 Å². The zero-order valence-corrected chi connectivity index (χ0v) is 14.6. The fourth-order valence-corrected chi connectivity index (χ4v) is 3.57. The van der Waals surface area contributed by atoms with Gasteiger partial charge in [-0.25, -0.2) is 0 Å². The van der Waals surface area contributed by atoms with Crippen LogP contribution in [0.1, 0.15) is 49.9 Å². The van der Waals surface area contributed by atoms with Crippen molar-refractivity contribution in [2.75, 3.05) is 25.0 Å². The van der Waals surface area contributed by atoms with Crippen molar-refractivity contribution in [2.45, 2.75) is 45.6 Å². The molecule has 0 aliphatic carbocycles. The lowest BCUT2D eigenvalue weighted by Crippen LogP contribution is -2.37. The molecule has 0 aromatic heterocycles. The Morgan fingerprint density at radius 3 is 2.75 bits per heavy atom. The molecule has 24 heavy (non-hydrogen) atoms. The first-order chi connectivity index (χ1) is 11.4. The second-order valence-electron chi connectivity index (χ2n) is 7.67. The van der Waals surface area contributed by atoms with Crippen LogP contribution in [0.25, 0.3) is 0 Å². The number of nitrogens with zero attached hydrogens (tertiary/aromatic N) is 2. The third-order valence-corrected chi connectivity index (χ3v) is 4.72. The van der Waals surface area contributed by atoms with Crippen LogP contribution in [-0.2, 0) is 0 Å². The van der Waals surface area contributed by atoms with Crippen molar-refractivity contribution in [3.8, 4) is 0 Å². The number of hydrogen-bond donors (Lipinski definition) is 2. The highest BCUT2D eigenvalue weighted by atomic mass is 16.3. The van der Waals surface area contributed by atoms with Crippen molar-refractivity contribution < 1.29 is 9.90 Å². The van der Waals surface area contributed by atoms with Gasteiger partial charge in [0, 0.05) is 37.3 Å². The van der Waals surface area contributed by atoms with Crippen LogP contribution in [0.3, 0.4) is 0 Å². The van der Waals surface area contributed by atoms with Gasteiger partial charge < -0.3 is 15.3 Å². The molecule has 2 aliphatic rings. The average Bonchev–Trinajstić information content (AvgIpc) is 2.99. The molecule has 1 atom stereocenters. The standard InChI is InChI=1S/C19H27N3O2/c1-19(2)12-16(23)9-11-22(13-19)18(24)14-5-7-15(8-6-14)21-17-4-3-10-20-17/h5-8,16,23H,3-4,9-13H2,1-2H3,(H,20,21)/t16-/m0/s1. The van der Waals surface area contributed by atoms with Gasteiger partial charge in [0.1, 0.15) is 5.84 Å². The fourth-order valence-electron chi connectivity index (χ4n) is 3.57. The van der Waals surface area contributed by atoms with Gasteiger partial charge in [0.25, 0.3) is 5.91 Å². The maximum absolute atomic E-state index is 12.8. The van der Waals surface area contributed by atoms with Gasteiger partial charge in [-0.3, -0.25) is 9.79 Å². The molecule has 5 nitrogen and oxygen atoms in total. The van der Waals surface area contributed by atoms with E-state index < -0.39 is 0 Å². The van der Waals surface area contributed by atoms with E-state index in [0.717, 1.165) is 37.3 Å². The number of likely N-dealkylation sites (tertiary alicyclic amines) is 1. The van der Waals surface area contributed by atoms with E-state index in [9.17, 15) is 9.90 Å². The van der Waals surface area contributed by atoms with E-state index in [1.54, 1.807) is 0 Å². The highest BCUT2D eigenvalue weighted by molar-refractivity contribution is 5.98. The molecular weight excluding hydrogens is 302 g/mol. The highest BCUT2D eigenvalue weighted by Gasteiger charge is 2.31. The Morgan fingerprint density at radius 1 is 1.33 bits per heavy atom. The van der Waals surface area contributed by atoms with E-state index in [-0.39, 0.29) is 17.4 Å². The molecule has 1 fully saturated rings. The van der Waals surface area contributed by atoms with Gasteiger partial charge in [-0.05, 0) is 48.9 Å². The highest BCUT2D eigenvalue weighted by Crippen LogP contribution is 2.29. The molecule has 2 N–H and O–H groups in total. The Balaban J connectivity index is 1.67. The van der Waals surface area contributed by atoms with Crippen LogP contribution in [0.4, 0.5) is 5.69 Å². The molecule has 5 heteroatoms. The van der Waals surface area contributed by atoms with E-state index >= 15 is 0 Å². The molecule has 2 aliphatic heterocycles. The zero-order valence-electron chi connectivity index (χ0n) is 14.6. The lowest BCUT2D eigenvalue weighted by Gasteiger charge is -2.29. The summed E-state index contributed by atoms with van der Waals surface area (Å²) in [5.74, 6) is 1.07. The predicted octanol–water partition coefficient (Wildman–Crippen LogP) is 2.91. The van der Waals surface area contributed by atoms with Crippen LogP contribution in [0.5, 0.6) is 0 Å². The van der Waals surface area contributed by atoms with Crippen molar-refractivity contribution >= 4 is 17.4 Å². The van der Waals surface area contributed by atoms with Crippen molar-refractivity contribution in [1.29, 1.82) is 0 Å². The minimum Gasteiger partial charge on any atom is -0.393 e. The number of amidine groups is 1. The van der Waals surface area contributed by atoms with Crippen molar-refractivity contribution in [2.24, 2.45) is 10.4 Å². The molecule has 1 aromatic carbocycles.